The number of amides is 2. The maximum atomic E-state index is 12.2. The molecule has 2 amide bonds. The van der Waals surface area contributed by atoms with Crippen LogP contribution in [0.5, 0.6) is 11.5 Å². The highest BCUT2D eigenvalue weighted by Gasteiger charge is 2.35. The Morgan fingerprint density at radius 2 is 1.92 bits per heavy atom. The van der Waals surface area contributed by atoms with Crippen molar-refractivity contribution in [2.45, 2.75) is 44.6 Å². The average Bonchev–Trinajstić information content (AvgIpc) is 2.66. The lowest BCUT2D eigenvalue weighted by atomic mass is 9.74. The standard InChI is InChI=1S/C19H30N2O4/c1-5-14(2)21-18(22)20-13-19(8-10-25-11-9-19)15-6-7-16(23-3)17(12-15)24-4/h6-7,12,14H,5,8-11,13H2,1-4H3,(H2,20,21,22). The second kappa shape index (κ2) is 8.94. The van der Waals surface area contributed by atoms with Crippen molar-refractivity contribution in [1.29, 1.82) is 0 Å². The number of benzene rings is 1. The summed E-state index contributed by atoms with van der Waals surface area (Å²) in [6, 6.07) is 6.02. The van der Waals surface area contributed by atoms with Crippen molar-refractivity contribution in [2.24, 2.45) is 0 Å². The predicted octanol–water partition coefficient (Wildman–Crippen LogP) is 2.85. The lowest BCUT2D eigenvalue weighted by Crippen LogP contribution is -2.48. The molecule has 0 saturated carbocycles. The van der Waals surface area contributed by atoms with Crippen LogP contribution in [-0.4, -0.2) is 46.1 Å². The summed E-state index contributed by atoms with van der Waals surface area (Å²) < 4.78 is 16.3. The van der Waals surface area contributed by atoms with E-state index >= 15 is 0 Å². The van der Waals surface area contributed by atoms with Crippen LogP contribution in [0, 0.1) is 0 Å². The SMILES string of the molecule is CCC(C)NC(=O)NCC1(c2ccc(OC)c(OC)c2)CCOCC1. The molecule has 1 unspecified atom stereocenters. The molecule has 140 valence electrons. The van der Waals surface area contributed by atoms with E-state index in [2.05, 4.69) is 23.6 Å². The first-order valence-corrected chi connectivity index (χ1v) is 8.89. The smallest absolute Gasteiger partial charge is 0.315 e. The van der Waals surface area contributed by atoms with E-state index in [4.69, 9.17) is 14.2 Å². The van der Waals surface area contributed by atoms with Crippen LogP contribution in [0.15, 0.2) is 18.2 Å². The summed E-state index contributed by atoms with van der Waals surface area (Å²) >= 11 is 0. The van der Waals surface area contributed by atoms with Gasteiger partial charge in [-0.15, -0.1) is 0 Å². The van der Waals surface area contributed by atoms with Gasteiger partial charge in [-0.05, 0) is 43.9 Å². The molecule has 1 heterocycles. The van der Waals surface area contributed by atoms with E-state index in [9.17, 15) is 4.79 Å². The predicted molar refractivity (Wildman–Crippen MR) is 97.6 cm³/mol. The van der Waals surface area contributed by atoms with Crippen LogP contribution in [-0.2, 0) is 10.2 Å². The molecule has 6 heteroatoms. The van der Waals surface area contributed by atoms with Crippen LogP contribution in [0.1, 0.15) is 38.7 Å². The minimum absolute atomic E-state index is 0.124. The van der Waals surface area contributed by atoms with E-state index in [1.54, 1.807) is 14.2 Å². The van der Waals surface area contributed by atoms with Crippen LogP contribution < -0.4 is 20.1 Å². The van der Waals surface area contributed by atoms with Crippen LogP contribution in [0.25, 0.3) is 0 Å². The number of hydrogen-bond acceptors (Lipinski definition) is 4. The van der Waals surface area contributed by atoms with Gasteiger partial charge in [0.05, 0.1) is 14.2 Å². The minimum Gasteiger partial charge on any atom is -0.493 e. The fourth-order valence-electron chi connectivity index (χ4n) is 3.12. The normalized spacial score (nSPS) is 17.4. The van der Waals surface area contributed by atoms with Crippen molar-refractivity contribution in [3.8, 4) is 11.5 Å². The zero-order chi connectivity index (χ0) is 18.3. The van der Waals surface area contributed by atoms with E-state index in [1.807, 2.05) is 19.1 Å². The van der Waals surface area contributed by atoms with Crippen molar-refractivity contribution in [3.05, 3.63) is 23.8 Å². The second-order valence-corrected chi connectivity index (χ2v) is 6.60. The number of methoxy groups -OCH3 is 2. The van der Waals surface area contributed by atoms with Crippen LogP contribution >= 0.6 is 0 Å². The Morgan fingerprint density at radius 3 is 2.52 bits per heavy atom. The summed E-state index contributed by atoms with van der Waals surface area (Å²) in [7, 11) is 3.26. The van der Waals surface area contributed by atoms with Gasteiger partial charge in [0, 0.05) is 31.2 Å². The van der Waals surface area contributed by atoms with Crippen molar-refractivity contribution in [1.82, 2.24) is 10.6 Å². The third-order valence-corrected chi connectivity index (χ3v) is 5.02. The number of ether oxygens (including phenoxy) is 3. The van der Waals surface area contributed by atoms with Gasteiger partial charge in [0.15, 0.2) is 11.5 Å². The Hall–Kier alpha value is -1.95. The maximum absolute atomic E-state index is 12.2. The molecule has 0 spiro atoms. The molecular formula is C19H30N2O4. The molecule has 2 N–H and O–H groups in total. The first-order chi connectivity index (χ1) is 12.0. The second-order valence-electron chi connectivity index (χ2n) is 6.60. The molecule has 25 heavy (non-hydrogen) atoms. The van der Waals surface area contributed by atoms with E-state index < -0.39 is 0 Å². The fourth-order valence-corrected chi connectivity index (χ4v) is 3.12. The number of carbonyl (C=O) groups excluding carboxylic acids is 1. The van der Waals surface area contributed by atoms with Gasteiger partial charge in [-0.25, -0.2) is 4.79 Å². The number of carbonyl (C=O) groups is 1. The molecule has 0 radical (unpaired) electrons. The van der Waals surface area contributed by atoms with E-state index in [1.165, 1.54) is 0 Å². The summed E-state index contributed by atoms with van der Waals surface area (Å²) in [6.45, 7) is 5.98. The molecule has 0 bridgehead atoms. The summed E-state index contributed by atoms with van der Waals surface area (Å²) in [5, 5.41) is 6.00. The molecule has 2 rings (SSSR count). The van der Waals surface area contributed by atoms with Gasteiger partial charge in [0.2, 0.25) is 0 Å². The van der Waals surface area contributed by atoms with Gasteiger partial charge in [-0.1, -0.05) is 13.0 Å². The lowest BCUT2D eigenvalue weighted by molar-refractivity contribution is 0.0505. The Labute approximate surface area is 150 Å². The zero-order valence-corrected chi connectivity index (χ0v) is 15.7. The van der Waals surface area contributed by atoms with Gasteiger partial charge in [0.1, 0.15) is 0 Å². The number of hydrogen-bond donors (Lipinski definition) is 2. The van der Waals surface area contributed by atoms with E-state index in [0.717, 1.165) is 24.8 Å². The molecule has 1 aliphatic heterocycles. The fraction of sp³-hybridized carbons (Fsp3) is 0.632. The summed E-state index contributed by atoms with van der Waals surface area (Å²) in [5.41, 5.74) is 0.974. The lowest BCUT2D eigenvalue weighted by Gasteiger charge is -2.38. The Kier molecular flexibility index (Phi) is 6.93. The third-order valence-electron chi connectivity index (χ3n) is 5.02. The highest BCUT2D eigenvalue weighted by atomic mass is 16.5. The summed E-state index contributed by atoms with van der Waals surface area (Å²) in [6.07, 6.45) is 2.61. The Balaban J connectivity index is 2.18. The number of urea groups is 1. The van der Waals surface area contributed by atoms with Crippen LogP contribution in [0.3, 0.4) is 0 Å². The van der Waals surface area contributed by atoms with Crippen LogP contribution in [0.4, 0.5) is 4.79 Å². The zero-order valence-electron chi connectivity index (χ0n) is 15.7. The molecule has 1 aromatic carbocycles. The van der Waals surface area contributed by atoms with Crippen molar-refractivity contribution in [3.63, 3.8) is 0 Å². The molecule has 0 aromatic heterocycles. The van der Waals surface area contributed by atoms with E-state index in [0.29, 0.717) is 31.3 Å². The molecule has 1 aliphatic rings. The number of rotatable bonds is 7. The molecule has 1 fully saturated rings. The van der Waals surface area contributed by atoms with Gasteiger partial charge in [-0.2, -0.15) is 0 Å². The highest BCUT2D eigenvalue weighted by Crippen LogP contribution is 2.38. The summed E-state index contributed by atoms with van der Waals surface area (Å²) in [4.78, 5) is 12.2. The number of nitrogens with one attached hydrogen (secondary N) is 2. The van der Waals surface area contributed by atoms with Gasteiger partial charge < -0.3 is 24.8 Å². The van der Waals surface area contributed by atoms with Crippen molar-refractivity contribution >= 4 is 6.03 Å². The minimum atomic E-state index is -0.162. The van der Waals surface area contributed by atoms with Crippen molar-refractivity contribution < 1.29 is 19.0 Å². The van der Waals surface area contributed by atoms with Gasteiger partial charge in [0.25, 0.3) is 0 Å². The maximum Gasteiger partial charge on any atom is 0.315 e. The van der Waals surface area contributed by atoms with E-state index in [-0.39, 0.29) is 17.5 Å². The molecule has 1 aromatic rings. The quantitative estimate of drug-likeness (QED) is 0.793. The third kappa shape index (κ3) is 4.78. The highest BCUT2D eigenvalue weighted by molar-refractivity contribution is 5.74. The topological polar surface area (TPSA) is 68.8 Å². The first-order valence-electron chi connectivity index (χ1n) is 8.89. The molecule has 1 atom stereocenters. The molecule has 6 nitrogen and oxygen atoms in total. The molecule has 0 aliphatic carbocycles. The largest absolute Gasteiger partial charge is 0.493 e. The van der Waals surface area contributed by atoms with Gasteiger partial charge >= 0.3 is 6.03 Å². The average molecular weight is 350 g/mol. The molecular weight excluding hydrogens is 320 g/mol. The molecule has 1 saturated heterocycles. The Morgan fingerprint density at radius 1 is 1.24 bits per heavy atom. The Bertz CT molecular complexity index is 571. The van der Waals surface area contributed by atoms with Gasteiger partial charge in [-0.3, -0.25) is 0 Å². The summed E-state index contributed by atoms with van der Waals surface area (Å²) in [5.74, 6) is 1.41. The van der Waals surface area contributed by atoms with Crippen LogP contribution in [0.2, 0.25) is 0 Å². The van der Waals surface area contributed by atoms with Crippen molar-refractivity contribution in [2.75, 3.05) is 34.0 Å². The monoisotopic (exact) mass is 350 g/mol. The first kappa shape index (κ1) is 19.4.